The third-order valence-electron chi connectivity index (χ3n) is 6.71. The van der Waals surface area contributed by atoms with Gasteiger partial charge in [0.05, 0.1) is 11.6 Å². The molecule has 2 fully saturated rings. The Morgan fingerprint density at radius 1 is 1.10 bits per heavy atom. The van der Waals surface area contributed by atoms with E-state index in [2.05, 4.69) is 44.7 Å². The fourth-order valence-electron chi connectivity index (χ4n) is 4.97. The van der Waals surface area contributed by atoms with Crippen LogP contribution in [0.1, 0.15) is 67.5 Å². The minimum Gasteiger partial charge on any atom is -0.364 e. The smallest absolute Gasteiger partial charge is 0.269 e. The molecular formula is C23H35N5O. The van der Waals surface area contributed by atoms with Crippen molar-refractivity contribution in [1.82, 2.24) is 19.6 Å². The number of hydrogen-bond donors (Lipinski definition) is 1. The highest BCUT2D eigenvalue weighted by atomic mass is 16.1. The van der Waals surface area contributed by atoms with Crippen LogP contribution in [0.15, 0.2) is 18.2 Å². The monoisotopic (exact) mass is 397 g/mol. The molecule has 158 valence electrons. The summed E-state index contributed by atoms with van der Waals surface area (Å²) in [5.41, 5.74) is 8.45. The molecule has 0 bridgehead atoms. The lowest BCUT2D eigenvalue weighted by atomic mass is 10.0. The molecule has 1 saturated heterocycles. The summed E-state index contributed by atoms with van der Waals surface area (Å²) in [6.07, 6.45) is 8.25. The third-order valence-corrected chi connectivity index (χ3v) is 6.71. The molecule has 6 heteroatoms. The van der Waals surface area contributed by atoms with E-state index in [1.54, 1.807) is 0 Å². The summed E-state index contributed by atoms with van der Waals surface area (Å²) < 4.78 is 2.08. The second-order valence-electron chi connectivity index (χ2n) is 8.69. The van der Waals surface area contributed by atoms with E-state index in [1.165, 1.54) is 37.8 Å². The normalized spacial score (nSPS) is 19.3. The largest absolute Gasteiger partial charge is 0.364 e. The number of primary amides is 1. The maximum Gasteiger partial charge on any atom is 0.269 e. The molecule has 1 aromatic heterocycles. The number of nitrogens with zero attached hydrogens (tertiary/aromatic N) is 4. The summed E-state index contributed by atoms with van der Waals surface area (Å²) in [4.78, 5) is 17.3. The molecule has 0 atom stereocenters. The topological polar surface area (TPSA) is 67.4 Å². The number of piperazine rings is 1. The Labute approximate surface area is 174 Å². The predicted molar refractivity (Wildman–Crippen MR) is 117 cm³/mol. The van der Waals surface area contributed by atoms with Gasteiger partial charge in [-0.25, -0.2) is 0 Å². The van der Waals surface area contributed by atoms with E-state index in [9.17, 15) is 4.79 Å². The Morgan fingerprint density at radius 2 is 1.79 bits per heavy atom. The van der Waals surface area contributed by atoms with E-state index >= 15 is 0 Å². The molecule has 1 aliphatic carbocycles. The van der Waals surface area contributed by atoms with Crippen molar-refractivity contribution in [3.05, 3.63) is 29.5 Å². The summed E-state index contributed by atoms with van der Waals surface area (Å²) in [6.45, 7) is 9.09. The molecular weight excluding hydrogens is 362 g/mol. The van der Waals surface area contributed by atoms with E-state index in [0.29, 0.717) is 11.7 Å². The van der Waals surface area contributed by atoms with Gasteiger partial charge in [-0.1, -0.05) is 38.3 Å². The molecule has 0 unspecified atom stereocenters. The van der Waals surface area contributed by atoms with Crippen LogP contribution in [0.2, 0.25) is 0 Å². The van der Waals surface area contributed by atoms with Gasteiger partial charge >= 0.3 is 0 Å². The lowest BCUT2D eigenvalue weighted by molar-refractivity contribution is 0.0996. The van der Waals surface area contributed by atoms with Gasteiger partial charge in [-0.05, 0) is 43.9 Å². The van der Waals surface area contributed by atoms with Gasteiger partial charge in [0.2, 0.25) is 0 Å². The molecule has 6 nitrogen and oxygen atoms in total. The van der Waals surface area contributed by atoms with Gasteiger partial charge in [0.1, 0.15) is 0 Å². The maximum atomic E-state index is 12.2. The van der Waals surface area contributed by atoms with Crippen molar-refractivity contribution < 1.29 is 4.79 Å². The number of fused-ring (bicyclic) bond motifs is 1. The zero-order chi connectivity index (χ0) is 20.2. The van der Waals surface area contributed by atoms with Gasteiger partial charge in [-0.15, -0.1) is 0 Å². The van der Waals surface area contributed by atoms with E-state index in [1.807, 2.05) is 0 Å². The molecule has 0 spiro atoms. The Balaban J connectivity index is 1.48. The quantitative estimate of drug-likeness (QED) is 0.743. The number of carbonyl (C=O) groups is 1. The zero-order valence-corrected chi connectivity index (χ0v) is 17.8. The van der Waals surface area contributed by atoms with Crippen molar-refractivity contribution in [2.45, 2.75) is 57.9 Å². The van der Waals surface area contributed by atoms with Crippen LogP contribution < -0.4 is 5.73 Å². The van der Waals surface area contributed by atoms with Gasteiger partial charge in [-0.2, -0.15) is 5.10 Å². The molecule has 2 N–H and O–H groups in total. The van der Waals surface area contributed by atoms with E-state index in [-0.39, 0.29) is 0 Å². The van der Waals surface area contributed by atoms with Gasteiger partial charge < -0.3 is 15.5 Å². The van der Waals surface area contributed by atoms with Crippen molar-refractivity contribution in [1.29, 1.82) is 0 Å². The molecule has 1 aromatic carbocycles. The number of hydrogen-bond acceptors (Lipinski definition) is 4. The molecule has 2 aromatic rings. The van der Waals surface area contributed by atoms with Gasteiger partial charge in [0.15, 0.2) is 5.69 Å². The first-order valence-corrected chi connectivity index (χ1v) is 11.4. The summed E-state index contributed by atoms with van der Waals surface area (Å²) in [5, 5.41) is 5.67. The van der Waals surface area contributed by atoms with Gasteiger partial charge in [-0.3, -0.25) is 9.48 Å². The number of nitrogens with two attached hydrogens (primary N) is 1. The molecule has 1 aliphatic heterocycles. The zero-order valence-electron chi connectivity index (χ0n) is 17.8. The highest BCUT2D eigenvalue weighted by Gasteiger charge is 2.25. The van der Waals surface area contributed by atoms with Crippen LogP contribution >= 0.6 is 0 Å². The molecule has 4 rings (SSSR count). The lowest BCUT2D eigenvalue weighted by Gasteiger charge is -2.34. The van der Waals surface area contributed by atoms with Crippen LogP contribution in [0.25, 0.3) is 10.9 Å². The van der Waals surface area contributed by atoms with Gasteiger partial charge in [0, 0.05) is 38.1 Å². The number of benzene rings is 1. The van der Waals surface area contributed by atoms with Crippen molar-refractivity contribution in [3.8, 4) is 0 Å². The van der Waals surface area contributed by atoms with Crippen molar-refractivity contribution in [3.63, 3.8) is 0 Å². The minimum atomic E-state index is -0.413. The van der Waals surface area contributed by atoms with Crippen molar-refractivity contribution >= 4 is 16.8 Å². The Kier molecular flexibility index (Phi) is 6.50. The van der Waals surface area contributed by atoms with Crippen LogP contribution in [0.3, 0.4) is 0 Å². The second-order valence-corrected chi connectivity index (χ2v) is 8.69. The number of amides is 1. The molecule has 1 saturated carbocycles. The molecule has 0 radical (unpaired) electrons. The molecule has 1 amide bonds. The Bertz CT molecular complexity index is 831. The fraction of sp³-hybridized carbons (Fsp3) is 0.652. The van der Waals surface area contributed by atoms with E-state index in [4.69, 9.17) is 5.73 Å². The maximum absolute atomic E-state index is 12.2. The summed E-state index contributed by atoms with van der Waals surface area (Å²) in [7, 11) is 0. The van der Waals surface area contributed by atoms with Crippen LogP contribution in [0.5, 0.6) is 0 Å². The summed E-state index contributed by atoms with van der Waals surface area (Å²) in [6, 6.07) is 6.76. The average Bonchev–Trinajstić information content (AvgIpc) is 3.39. The number of carbonyl (C=O) groups excluding carboxylic acids is 1. The van der Waals surface area contributed by atoms with E-state index < -0.39 is 5.91 Å². The summed E-state index contributed by atoms with van der Waals surface area (Å²) in [5.74, 6) is -0.413. The average molecular weight is 398 g/mol. The van der Waals surface area contributed by atoms with Crippen molar-refractivity contribution in [2.75, 3.05) is 39.3 Å². The SMILES string of the molecule is CCCCN1CCN(CCc2cccc3c2c(C(N)=O)nn3C2CCCC2)CC1. The Hall–Kier alpha value is -1.92. The molecule has 29 heavy (non-hydrogen) atoms. The highest BCUT2D eigenvalue weighted by Crippen LogP contribution is 2.34. The highest BCUT2D eigenvalue weighted by molar-refractivity contribution is 6.05. The standard InChI is InChI=1S/C23H35N5O/c1-2-3-12-26-14-16-27(17-15-26)13-11-18-7-6-10-20-21(18)22(23(24)29)25-28(20)19-8-4-5-9-19/h6-7,10,19H,2-5,8-9,11-17H2,1H3,(H2,24,29). The summed E-state index contributed by atoms with van der Waals surface area (Å²) >= 11 is 0. The van der Waals surface area contributed by atoms with Crippen LogP contribution in [0.4, 0.5) is 0 Å². The van der Waals surface area contributed by atoms with Crippen LogP contribution in [-0.4, -0.2) is 64.8 Å². The minimum absolute atomic E-state index is 0.400. The predicted octanol–water partition coefficient (Wildman–Crippen LogP) is 3.21. The first kappa shape index (κ1) is 20.4. The van der Waals surface area contributed by atoms with E-state index in [0.717, 1.165) is 62.9 Å². The van der Waals surface area contributed by atoms with Crippen molar-refractivity contribution in [2.24, 2.45) is 5.73 Å². The number of aromatic nitrogens is 2. The van der Waals surface area contributed by atoms with Crippen LogP contribution in [0, 0.1) is 0 Å². The fourth-order valence-corrected chi connectivity index (χ4v) is 4.97. The third kappa shape index (κ3) is 4.48. The number of unbranched alkanes of at least 4 members (excludes halogenated alkanes) is 1. The van der Waals surface area contributed by atoms with Crippen LogP contribution in [-0.2, 0) is 6.42 Å². The number of rotatable bonds is 8. The molecule has 2 heterocycles. The first-order chi connectivity index (χ1) is 14.2. The molecule has 2 aliphatic rings. The van der Waals surface area contributed by atoms with Gasteiger partial charge in [0.25, 0.3) is 5.91 Å². The Morgan fingerprint density at radius 3 is 2.45 bits per heavy atom. The second kappa shape index (κ2) is 9.26. The lowest BCUT2D eigenvalue weighted by Crippen LogP contribution is -2.47. The first-order valence-electron chi connectivity index (χ1n) is 11.4.